The molecule has 3 heterocycles. The minimum absolute atomic E-state index is 0.0870. The second-order valence-electron chi connectivity index (χ2n) is 18.5. The number of aliphatic hydroxyl groups excluding tert-OH is 7. The van der Waals surface area contributed by atoms with Crippen molar-refractivity contribution in [1.29, 1.82) is 0 Å². The Balaban J connectivity index is 0.00000131. The van der Waals surface area contributed by atoms with Crippen LogP contribution < -0.4 is 0 Å². The molecule has 12 atom stereocenters. The third kappa shape index (κ3) is 21.9. The van der Waals surface area contributed by atoms with Crippen molar-refractivity contribution < 1.29 is 78.6 Å². The summed E-state index contributed by atoms with van der Waals surface area (Å²) >= 11 is 0. The topological polar surface area (TPSA) is 261 Å². The molecule has 1 aliphatic carbocycles. The molecule has 2 unspecified atom stereocenters. The van der Waals surface area contributed by atoms with Gasteiger partial charge in [-0.3, -0.25) is 14.4 Å². The van der Waals surface area contributed by atoms with E-state index in [0.29, 0.717) is 11.5 Å². The molecule has 17 nitrogen and oxygen atoms in total. The van der Waals surface area contributed by atoms with Crippen LogP contribution in [0.5, 0.6) is 0 Å². The number of esters is 3. The van der Waals surface area contributed by atoms with E-state index in [-0.39, 0.29) is 32.5 Å². The average Bonchev–Trinajstić information content (AvgIpc) is 3.29. The van der Waals surface area contributed by atoms with E-state index in [9.17, 15) is 50.1 Å². The fourth-order valence-corrected chi connectivity index (χ4v) is 11.9. The summed E-state index contributed by atoms with van der Waals surface area (Å²) in [6.07, 6.45) is -7.70. The van der Waals surface area contributed by atoms with Crippen molar-refractivity contribution in [1.82, 2.24) is 4.98 Å². The number of ether oxygens (including phenoxy) is 6. The number of pyridine rings is 1. The number of rotatable bonds is 26. The van der Waals surface area contributed by atoms with Gasteiger partial charge < -0.3 is 64.2 Å². The lowest BCUT2D eigenvalue weighted by Crippen LogP contribution is -2.63. The standard InChI is InChI=1S/C37H59NO16S4.C5H12S2.C4H8/c1-7-36(5,33(47)50-14-16-57-58-23-11-9-10-12-38-23)20-37(6,19-35(3,4)32(46)49-13-15-56-55-8-2)34(48)51-18-22-25(41)27(43)29(45)31(53-22)54-30-28(44)26(42)24(40)21(17-39)52-30;1-5(2)4-7-6-3;1-2-4-3-1/h9-12,21-22,24-31,39-45H,7-8,13-20H2,1-6H3;5H,4H2,1-3H3;1-4H2/t21-,22-,24-,25-,26+,27+,28-,29-,30-,31-,36?,37?;;/m1../s1. The largest absolute Gasteiger partial charge is 0.464 e. The molecule has 0 spiro atoms. The molecule has 0 radical (unpaired) electrons. The van der Waals surface area contributed by atoms with E-state index in [1.807, 2.05) is 46.7 Å². The van der Waals surface area contributed by atoms with Crippen LogP contribution in [0.1, 0.15) is 100 Å². The maximum atomic E-state index is 14.3. The van der Waals surface area contributed by atoms with Crippen LogP contribution in [0.4, 0.5) is 0 Å². The van der Waals surface area contributed by atoms with Gasteiger partial charge in [-0.25, -0.2) is 4.98 Å². The second kappa shape index (κ2) is 33.2. The molecule has 23 heteroatoms. The van der Waals surface area contributed by atoms with Gasteiger partial charge in [-0.2, -0.15) is 0 Å². The summed E-state index contributed by atoms with van der Waals surface area (Å²) in [6, 6.07) is 5.55. The smallest absolute Gasteiger partial charge is 0.311 e. The van der Waals surface area contributed by atoms with Gasteiger partial charge in [-0.1, -0.05) is 113 Å². The Hall–Kier alpha value is -0.740. The first kappa shape index (κ1) is 64.4. The molecule has 1 aromatic rings. The van der Waals surface area contributed by atoms with E-state index in [4.69, 9.17) is 28.4 Å². The Kier molecular flexibility index (Phi) is 31.0. The molecule has 1 saturated carbocycles. The molecule has 4 rings (SSSR count). The molecule has 2 saturated heterocycles. The van der Waals surface area contributed by atoms with Crippen molar-refractivity contribution in [3.63, 3.8) is 0 Å². The van der Waals surface area contributed by atoms with Gasteiger partial charge in [-0.05, 0) is 82.1 Å². The first-order valence-corrected chi connectivity index (χ1v) is 30.9. The summed E-state index contributed by atoms with van der Waals surface area (Å²) in [5.74, 6) is 2.04. The lowest BCUT2D eigenvalue weighted by Gasteiger charge is -2.45. The van der Waals surface area contributed by atoms with Crippen LogP contribution in [0, 0.1) is 22.2 Å². The lowest BCUT2D eigenvalue weighted by atomic mass is 9.65. The quantitative estimate of drug-likeness (QED) is 0.0246. The van der Waals surface area contributed by atoms with E-state index in [1.165, 1.54) is 53.0 Å². The molecule has 0 bridgehead atoms. The minimum Gasteiger partial charge on any atom is -0.464 e. The SMILES string of the molecule is C1CCC1.CCSSCCOC(=O)C(C)(C)CC(C)(CC(C)(CC)C(=O)OCCSSc1ccccn1)C(=O)OC[C@H]1O[C@H](O[C@H]2O[C@H](CO)[C@@H](O)[C@H](O)[C@H]2O)[C@H](O)[C@@H](O)[C@@H]1O.CSSCC(C)C. The molecule has 400 valence electrons. The van der Waals surface area contributed by atoms with E-state index in [1.54, 1.807) is 62.4 Å². The van der Waals surface area contributed by atoms with Crippen LogP contribution in [-0.2, 0) is 42.8 Å². The van der Waals surface area contributed by atoms with Gasteiger partial charge in [0.2, 0.25) is 0 Å². The lowest BCUT2D eigenvalue weighted by molar-refractivity contribution is -0.376. The van der Waals surface area contributed by atoms with Crippen molar-refractivity contribution in [3.05, 3.63) is 24.4 Å². The predicted molar refractivity (Wildman–Crippen MR) is 276 cm³/mol. The zero-order valence-corrected chi connectivity index (χ0v) is 46.4. The highest BCUT2D eigenvalue weighted by Crippen LogP contribution is 2.46. The summed E-state index contributed by atoms with van der Waals surface area (Å²) in [7, 11) is 9.87. The fraction of sp³-hybridized carbons (Fsp3) is 0.826. The number of nitrogens with zero attached hydrogens (tertiary/aromatic N) is 1. The molecule has 3 aliphatic rings. The molecule has 7 N–H and O–H groups in total. The summed E-state index contributed by atoms with van der Waals surface area (Å²) in [6.45, 7) is 13.5. The number of aromatic nitrogens is 1. The van der Waals surface area contributed by atoms with E-state index in [0.717, 1.165) is 16.7 Å². The third-order valence-corrected chi connectivity index (χ3v) is 18.2. The minimum atomic E-state index is -1.92. The van der Waals surface area contributed by atoms with Crippen LogP contribution in [0.2, 0.25) is 0 Å². The van der Waals surface area contributed by atoms with Gasteiger partial charge in [-0.15, -0.1) is 0 Å². The molecular weight excluding hydrogens is 1010 g/mol. The van der Waals surface area contributed by atoms with Crippen LogP contribution in [-0.4, -0.2) is 176 Å². The number of hydrogen-bond acceptors (Lipinski definition) is 23. The maximum absolute atomic E-state index is 14.3. The van der Waals surface area contributed by atoms with Crippen LogP contribution >= 0.6 is 64.8 Å². The summed E-state index contributed by atoms with van der Waals surface area (Å²) in [5, 5.41) is 73.2. The highest BCUT2D eigenvalue weighted by atomic mass is 33.1. The zero-order chi connectivity index (χ0) is 51.8. The molecule has 0 aromatic carbocycles. The second-order valence-corrected chi connectivity index (χ2v) is 26.4. The molecule has 3 fully saturated rings. The van der Waals surface area contributed by atoms with Gasteiger partial charge in [0, 0.05) is 29.2 Å². The first-order valence-electron chi connectivity index (χ1n) is 23.4. The fourth-order valence-electron chi connectivity index (χ4n) is 7.07. The van der Waals surface area contributed by atoms with E-state index < -0.39 is 109 Å². The Morgan fingerprint density at radius 2 is 1.26 bits per heavy atom. The van der Waals surface area contributed by atoms with Crippen molar-refractivity contribution in [2.45, 2.75) is 167 Å². The monoisotopic (exact) mass is 1090 g/mol. The highest BCUT2D eigenvalue weighted by Gasteiger charge is 2.52. The third-order valence-electron chi connectivity index (χ3n) is 11.4. The predicted octanol–water partition coefficient (Wildman–Crippen LogP) is 5.92. The number of hydrogen-bond donors (Lipinski definition) is 7. The van der Waals surface area contributed by atoms with Gasteiger partial charge in [0.1, 0.15) is 73.7 Å². The number of carbonyl (C=O) groups is 3. The Morgan fingerprint density at radius 1 is 0.710 bits per heavy atom. The maximum Gasteiger partial charge on any atom is 0.311 e. The van der Waals surface area contributed by atoms with Gasteiger partial charge in [0.25, 0.3) is 0 Å². The summed E-state index contributed by atoms with van der Waals surface area (Å²) in [5.41, 5.74) is -4.03. The van der Waals surface area contributed by atoms with Crippen molar-refractivity contribution in [3.8, 4) is 0 Å². The molecule has 0 amide bonds. The number of aliphatic hydroxyl groups is 7. The summed E-state index contributed by atoms with van der Waals surface area (Å²) in [4.78, 5) is 45.6. The number of carbonyl (C=O) groups excluding carboxylic acids is 3. The van der Waals surface area contributed by atoms with Crippen molar-refractivity contribution in [2.75, 3.05) is 55.7 Å². The van der Waals surface area contributed by atoms with Gasteiger partial charge in [0.05, 0.1) is 22.9 Å². The van der Waals surface area contributed by atoms with Gasteiger partial charge in [0.15, 0.2) is 12.6 Å². The Bertz CT molecular complexity index is 1600. The first-order chi connectivity index (χ1) is 32.6. The van der Waals surface area contributed by atoms with Crippen molar-refractivity contribution >= 4 is 82.7 Å². The Labute approximate surface area is 432 Å². The normalized spacial score (nSPS) is 27.5. The Morgan fingerprint density at radius 3 is 1.75 bits per heavy atom. The molecule has 69 heavy (non-hydrogen) atoms. The molecular formula is C46H79NO16S6. The molecule has 2 aliphatic heterocycles. The zero-order valence-electron chi connectivity index (χ0n) is 41.5. The average molecular weight is 1090 g/mol. The van der Waals surface area contributed by atoms with E-state index in [2.05, 4.69) is 25.1 Å². The van der Waals surface area contributed by atoms with Crippen LogP contribution in [0.3, 0.4) is 0 Å². The highest BCUT2D eigenvalue weighted by molar-refractivity contribution is 8.77. The van der Waals surface area contributed by atoms with Crippen molar-refractivity contribution in [2.24, 2.45) is 22.2 Å². The summed E-state index contributed by atoms with van der Waals surface area (Å²) < 4.78 is 33.5. The van der Waals surface area contributed by atoms with Gasteiger partial charge >= 0.3 is 17.9 Å². The van der Waals surface area contributed by atoms with Crippen LogP contribution in [0.15, 0.2) is 29.4 Å². The van der Waals surface area contributed by atoms with E-state index >= 15 is 0 Å². The van der Waals surface area contributed by atoms with Crippen LogP contribution in [0.25, 0.3) is 0 Å². The molecule has 1 aromatic heterocycles.